The van der Waals surface area contributed by atoms with Gasteiger partial charge in [-0.25, -0.2) is 0 Å². The van der Waals surface area contributed by atoms with Crippen LogP contribution in [0.3, 0.4) is 0 Å². The lowest BCUT2D eigenvalue weighted by atomic mass is 9.99. The lowest BCUT2D eigenvalue weighted by Crippen LogP contribution is -2.41. The van der Waals surface area contributed by atoms with Crippen molar-refractivity contribution in [2.75, 3.05) is 53.9 Å². The SMILES string of the molecule is CC(C)OC(=O)CCC/C=C\CC1C(=O)CC(O)C1OCC(O)COc1ccccc1.COC(=O)CCC/C=C/C[C@H]1C(=O)CC(O)[C@@H]1OCC(O)COc1ccccc1.COC(=O)CCC/C=C\C[C@H]1C(=O)C[C@@H](O)[C@@H]1OC[C@@](C)(O)COc1ccccc1. The highest BCUT2D eigenvalue weighted by Crippen LogP contribution is 2.32. The van der Waals surface area contributed by atoms with Gasteiger partial charge in [0, 0.05) is 56.3 Å². The van der Waals surface area contributed by atoms with Crippen LogP contribution < -0.4 is 14.2 Å². The summed E-state index contributed by atoms with van der Waals surface area (Å²) in [5, 5.41) is 61.3. The molecule has 3 fully saturated rings. The molecule has 3 aromatic carbocycles. The van der Waals surface area contributed by atoms with E-state index >= 15 is 0 Å². The van der Waals surface area contributed by atoms with Crippen molar-refractivity contribution < 1.29 is 102 Å². The maximum Gasteiger partial charge on any atom is 0.306 e. The molecule has 0 aliphatic heterocycles. The maximum atomic E-state index is 12.3. The monoisotopic (exact) mass is 1260 g/mol. The molecule has 0 aromatic heterocycles. The molecular formula is C69H96O21. The van der Waals surface area contributed by atoms with Gasteiger partial charge in [-0.1, -0.05) is 91.1 Å². The Balaban J connectivity index is 0.000000288. The number of methoxy groups -OCH3 is 2. The molecule has 0 saturated heterocycles. The minimum atomic E-state index is -1.27. The Morgan fingerprint density at radius 3 is 1.17 bits per heavy atom. The van der Waals surface area contributed by atoms with E-state index in [9.17, 15) is 59.4 Å². The van der Waals surface area contributed by atoms with E-state index in [0.717, 1.165) is 0 Å². The summed E-state index contributed by atoms with van der Waals surface area (Å²) in [5.41, 5.74) is -1.27. The van der Waals surface area contributed by atoms with Gasteiger partial charge in [-0.3, -0.25) is 28.8 Å². The fourth-order valence-electron chi connectivity index (χ4n) is 9.99. The highest BCUT2D eigenvalue weighted by Gasteiger charge is 2.44. The molecule has 0 spiro atoms. The lowest BCUT2D eigenvalue weighted by molar-refractivity contribution is -0.147. The Morgan fingerprint density at radius 2 is 0.822 bits per heavy atom. The van der Waals surface area contributed by atoms with Gasteiger partial charge in [0.1, 0.15) is 72.2 Å². The van der Waals surface area contributed by atoms with Crippen LogP contribution >= 0.6 is 0 Å². The van der Waals surface area contributed by atoms with Crippen molar-refractivity contribution in [1.29, 1.82) is 0 Å². The highest BCUT2D eigenvalue weighted by molar-refractivity contribution is 5.86. The van der Waals surface area contributed by atoms with Crippen LogP contribution in [0.1, 0.15) is 117 Å². The lowest BCUT2D eigenvalue weighted by Gasteiger charge is -2.28. The molecule has 3 aliphatic carbocycles. The maximum absolute atomic E-state index is 12.3. The van der Waals surface area contributed by atoms with E-state index in [0.29, 0.717) is 94.3 Å². The van der Waals surface area contributed by atoms with Gasteiger partial charge in [-0.2, -0.15) is 0 Å². The average molecular weight is 1260 g/mol. The largest absolute Gasteiger partial charge is 0.491 e. The standard InChI is InChI=1S/C24H34O7.C23H32O7.C22H30O7/c1-17(2)31-23(28)13-9-4-3-8-12-20-21(26)14-22(27)24(20)30-16-18(25)15-29-19-10-6-5-7-11-19;1-23(27,15-29-17-10-6-5-7-11-17)16-30-22-18(19(24)14-20(22)25)12-8-3-4-9-13-21(26)28-2;1-27-21(26)12-8-3-2-7-11-18-19(24)13-20(25)22(18)29-15-16(23)14-28-17-9-5-4-6-10-17/h3,5-8,10-11,17-18,20,22,24-25,27H,4,9,12-16H2,1-2H3;3,5-8,10-11,18,20,22,25,27H,4,9,12-16H2,1-2H3;2,4-7,9-10,16,18,20,22-23,25H,3,8,11-15H2,1H3/b2*8-3-;7-2+/t;18-,20+,22+,23-;16?,18-,20?,22+/m.00/s1. The first kappa shape index (κ1) is 75.8. The molecule has 6 N–H and O–H groups in total. The number of ether oxygens (including phenoxy) is 9. The van der Waals surface area contributed by atoms with Crippen LogP contribution in [0.2, 0.25) is 0 Å². The number of esters is 3. The number of para-hydroxylation sites is 3. The van der Waals surface area contributed by atoms with Crippen molar-refractivity contribution in [3.8, 4) is 17.2 Å². The van der Waals surface area contributed by atoms with Crippen LogP contribution in [-0.2, 0) is 57.2 Å². The Bertz CT molecular complexity index is 2630. The Kier molecular flexibility index (Phi) is 35.7. The van der Waals surface area contributed by atoms with E-state index in [1.165, 1.54) is 14.2 Å². The number of hydrogen-bond donors (Lipinski definition) is 6. The molecule has 6 rings (SSSR count). The molecule has 498 valence electrons. The molecule has 3 saturated carbocycles. The number of unbranched alkanes of at least 4 members (excludes halogenated alkanes) is 3. The zero-order valence-corrected chi connectivity index (χ0v) is 52.7. The fourth-order valence-corrected chi connectivity index (χ4v) is 9.99. The zero-order chi connectivity index (χ0) is 65.7. The number of allylic oxidation sites excluding steroid dienone is 6. The van der Waals surface area contributed by atoms with Crippen LogP contribution in [0.5, 0.6) is 17.2 Å². The second-order valence-electron chi connectivity index (χ2n) is 23.0. The number of rotatable bonds is 37. The van der Waals surface area contributed by atoms with E-state index < -0.39 is 72.2 Å². The number of Topliss-reactive ketones (excluding diaryl/α,β-unsaturated/α-hetero) is 3. The van der Waals surface area contributed by atoms with Gasteiger partial charge < -0.3 is 73.3 Å². The Labute approximate surface area is 529 Å². The molecular weight excluding hydrogens is 1160 g/mol. The van der Waals surface area contributed by atoms with E-state index in [-0.39, 0.29) is 100 Å². The van der Waals surface area contributed by atoms with Gasteiger partial charge in [-0.05, 0) is 115 Å². The number of aliphatic hydroxyl groups excluding tert-OH is 5. The summed E-state index contributed by atoms with van der Waals surface area (Å²) in [7, 11) is 2.72. The van der Waals surface area contributed by atoms with Gasteiger partial charge in [0.2, 0.25) is 0 Å². The van der Waals surface area contributed by atoms with E-state index in [2.05, 4.69) is 9.47 Å². The molecule has 3 aromatic rings. The van der Waals surface area contributed by atoms with Crippen molar-refractivity contribution in [3.05, 3.63) is 127 Å². The van der Waals surface area contributed by atoms with Gasteiger partial charge in [0.05, 0.1) is 76.8 Å². The van der Waals surface area contributed by atoms with E-state index in [4.69, 9.17) is 33.2 Å². The smallest absolute Gasteiger partial charge is 0.306 e. The Morgan fingerprint density at radius 1 is 0.489 bits per heavy atom. The predicted octanol–water partition coefficient (Wildman–Crippen LogP) is 7.32. The number of benzene rings is 3. The summed E-state index contributed by atoms with van der Waals surface area (Å²) in [6.07, 6.45) is 11.7. The topological polar surface area (TPSA) is 307 Å². The van der Waals surface area contributed by atoms with Crippen LogP contribution in [0.4, 0.5) is 0 Å². The van der Waals surface area contributed by atoms with Crippen LogP contribution in [0.15, 0.2) is 127 Å². The fraction of sp³-hybridized carbons (Fsp3) is 0.565. The summed E-state index contributed by atoms with van der Waals surface area (Å²) >= 11 is 0. The first-order chi connectivity index (χ1) is 43.2. The summed E-state index contributed by atoms with van der Waals surface area (Å²) in [6.45, 7) is 5.26. The molecule has 0 amide bonds. The third-order valence-electron chi connectivity index (χ3n) is 14.8. The first-order valence-corrected chi connectivity index (χ1v) is 31.1. The van der Waals surface area contributed by atoms with Crippen molar-refractivity contribution in [2.24, 2.45) is 17.8 Å². The van der Waals surface area contributed by atoms with Crippen molar-refractivity contribution in [2.45, 2.75) is 178 Å². The van der Waals surface area contributed by atoms with Crippen LogP contribution in [-0.4, -0.2) is 180 Å². The van der Waals surface area contributed by atoms with E-state index in [1.54, 1.807) is 43.3 Å². The minimum absolute atomic E-state index is 0.0263. The second kappa shape index (κ2) is 42.4. The normalized spacial score (nSPS) is 22.8. The molecule has 90 heavy (non-hydrogen) atoms. The third kappa shape index (κ3) is 30.0. The quantitative estimate of drug-likeness (QED) is 0.0142. The van der Waals surface area contributed by atoms with Gasteiger partial charge >= 0.3 is 17.9 Å². The molecule has 12 atom stereocenters. The molecule has 0 bridgehead atoms. The molecule has 3 aliphatic rings. The zero-order valence-electron chi connectivity index (χ0n) is 52.7. The summed E-state index contributed by atoms with van der Waals surface area (Å²) < 4.78 is 48.0. The van der Waals surface area contributed by atoms with Crippen molar-refractivity contribution >= 4 is 35.3 Å². The highest BCUT2D eigenvalue weighted by atomic mass is 16.6. The first-order valence-electron chi connectivity index (χ1n) is 31.1. The number of ketones is 3. The predicted molar refractivity (Wildman–Crippen MR) is 333 cm³/mol. The summed E-state index contributed by atoms with van der Waals surface area (Å²) in [6, 6.07) is 27.4. The average Bonchev–Trinajstić information content (AvgIpc) is 2.35. The number of aliphatic hydroxyl groups is 6. The molecule has 21 heteroatoms. The minimum Gasteiger partial charge on any atom is -0.491 e. The molecule has 0 heterocycles. The van der Waals surface area contributed by atoms with Crippen LogP contribution in [0, 0.1) is 17.8 Å². The number of carbonyl (C=O) groups excluding carboxylic acids is 6. The van der Waals surface area contributed by atoms with Crippen LogP contribution in [0.25, 0.3) is 0 Å². The van der Waals surface area contributed by atoms with Crippen molar-refractivity contribution in [3.63, 3.8) is 0 Å². The second-order valence-corrected chi connectivity index (χ2v) is 23.0. The van der Waals surface area contributed by atoms with Gasteiger partial charge in [0.25, 0.3) is 0 Å². The molecule has 6 unspecified atom stereocenters. The van der Waals surface area contributed by atoms with Gasteiger partial charge in [-0.15, -0.1) is 0 Å². The summed E-state index contributed by atoms with van der Waals surface area (Å²) in [4.78, 5) is 70.3. The Hall–Kier alpha value is -6.66. The molecule has 0 radical (unpaired) electrons. The van der Waals surface area contributed by atoms with Gasteiger partial charge in [0.15, 0.2) is 0 Å². The number of carbonyl (C=O) groups is 6. The number of hydrogen-bond acceptors (Lipinski definition) is 21. The van der Waals surface area contributed by atoms with Crippen molar-refractivity contribution in [1.82, 2.24) is 0 Å². The molecule has 21 nitrogen and oxygen atoms in total. The third-order valence-corrected chi connectivity index (χ3v) is 14.8. The van der Waals surface area contributed by atoms with E-state index in [1.807, 2.05) is 105 Å². The summed E-state index contributed by atoms with van der Waals surface area (Å²) in [5.74, 6) is -0.224.